The molecule has 2 amide bonds. The average molecular weight is 677 g/mol. The monoisotopic (exact) mass is 677 g/mol. The molecule has 0 saturated carbocycles. The van der Waals surface area contributed by atoms with Crippen molar-refractivity contribution in [3.05, 3.63) is 46.8 Å². The summed E-state index contributed by atoms with van der Waals surface area (Å²) in [6.07, 6.45) is 2.24. The number of aromatic hydroxyl groups is 1. The molecule has 0 spiro atoms. The van der Waals surface area contributed by atoms with Gasteiger partial charge in [-0.2, -0.15) is 0 Å². The first-order chi connectivity index (χ1) is 16.9. The van der Waals surface area contributed by atoms with Crippen LogP contribution in [0.15, 0.2) is 24.3 Å². The molecule has 1 aromatic carbocycles. The van der Waals surface area contributed by atoms with Gasteiger partial charge in [-0.15, -0.1) is 0 Å². The number of anilines is 1. The zero-order valence-corrected chi connectivity index (χ0v) is 25.2. The minimum absolute atomic E-state index is 0. The molecule has 10 heteroatoms. The molecule has 0 radical (unpaired) electrons. The van der Waals surface area contributed by atoms with Crippen LogP contribution in [-0.4, -0.2) is 55.2 Å². The Bertz CT molecular complexity index is 1290. The molecule has 1 aliphatic rings. The SMILES string of the molecule is Cc1cc(C(=O)Nc2nc3cc(O)cc(C)c3n2C2CCCCN(C(=O)OC(C)(C)C)C2)cc(C)n1.[W]. The van der Waals surface area contributed by atoms with Gasteiger partial charge in [-0.3, -0.25) is 15.1 Å². The number of hydrogen-bond donors (Lipinski definition) is 2. The van der Waals surface area contributed by atoms with Gasteiger partial charge >= 0.3 is 6.09 Å². The van der Waals surface area contributed by atoms with Gasteiger partial charge in [0, 0.05) is 57.2 Å². The van der Waals surface area contributed by atoms with Gasteiger partial charge in [0.2, 0.25) is 5.95 Å². The van der Waals surface area contributed by atoms with Gasteiger partial charge in [-0.25, -0.2) is 9.78 Å². The number of nitrogens with one attached hydrogen (secondary N) is 1. The maximum Gasteiger partial charge on any atom is 0.410 e. The molecule has 1 atom stereocenters. The standard InChI is InChI=1S/C27H35N5O4.W/c1-16-11-21(33)14-22-23(16)32(20-9-7-8-10-31(15-20)26(35)36-27(4,5)6)25(29-22)30-24(34)19-12-17(2)28-18(3)13-19;/h11-14,20,33H,7-10,15H2,1-6H3,(H,29,30,34);. The maximum absolute atomic E-state index is 13.3. The first-order valence-electron chi connectivity index (χ1n) is 12.4. The topological polar surface area (TPSA) is 110 Å². The molecule has 1 saturated heterocycles. The maximum atomic E-state index is 13.3. The summed E-state index contributed by atoms with van der Waals surface area (Å²) in [5.41, 5.74) is 3.65. The molecule has 9 nitrogen and oxygen atoms in total. The number of hydrogen-bond acceptors (Lipinski definition) is 6. The van der Waals surface area contributed by atoms with Crippen LogP contribution in [0.5, 0.6) is 5.75 Å². The summed E-state index contributed by atoms with van der Waals surface area (Å²) >= 11 is 0. The first-order valence-corrected chi connectivity index (χ1v) is 12.4. The second-order valence-electron chi connectivity index (χ2n) is 10.6. The van der Waals surface area contributed by atoms with Gasteiger partial charge in [0.25, 0.3) is 5.91 Å². The number of rotatable bonds is 3. The molecular formula is C27H35N5O4W. The van der Waals surface area contributed by atoms with Crippen molar-refractivity contribution in [3.63, 3.8) is 0 Å². The minimum atomic E-state index is -0.589. The van der Waals surface area contributed by atoms with E-state index >= 15 is 0 Å². The average Bonchev–Trinajstić information content (AvgIpc) is 2.93. The summed E-state index contributed by atoms with van der Waals surface area (Å²) in [7, 11) is 0. The van der Waals surface area contributed by atoms with Crippen LogP contribution in [0.3, 0.4) is 0 Å². The number of pyridine rings is 1. The molecule has 198 valence electrons. The molecule has 0 aliphatic carbocycles. The predicted molar refractivity (Wildman–Crippen MR) is 138 cm³/mol. The van der Waals surface area contributed by atoms with Gasteiger partial charge in [0.1, 0.15) is 11.4 Å². The number of carbonyl (C=O) groups excluding carboxylic acids is 2. The van der Waals surface area contributed by atoms with Crippen LogP contribution in [0.25, 0.3) is 11.0 Å². The molecule has 0 bridgehead atoms. The van der Waals surface area contributed by atoms with E-state index in [1.807, 2.05) is 46.1 Å². The number of carbonyl (C=O) groups is 2. The van der Waals surface area contributed by atoms with E-state index in [1.54, 1.807) is 29.2 Å². The molecule has 3 heterocycles. The van der Waals surface area contributed by atoms with Gasteiger partial charge in [0.05, 0.1) is 17.1 Å². The third-order valence-electron chi connectivity index (χ3n) is 6.19. The number of nitrogens with zero attached hydrogens (tertiary/aromatic N) is 4. The normalized spacial score (nSPS) is 16.2. The molecule has 1 unspecified atom stereocenters. The second-order valence-corrected chi connectivity index (χ2v) is 10.6. The largest absolute Gasteiger partial charge is 0.508 e. The van der Waals surface area contributed by atoms with E-state index in [1.165, 1.54) is 0 Å². The van der Waals surface area contributed by atoms with Crippen molar-refractivity contribution in [2.75, 3.05) is 18.4 Å². The Labute approximate surface area is 231 Å². The van der Waals surface area contributed by atoms with E-state index in [2.05, 4.69) is 10.3 Å². The Kier molecular flexibility index (Phi) is 8.68. The molecule has 3 aromatic rings. The van der Waals surface area contributed by atoms with E-state index in [4.69, 9.17) is 9.72 Å². The summed E-state index contributed by atoms with van der Waals surface area (Å²) < 4.78 is 7.66. The number of phenols is 1. The predicted octanol–water partition coefficient (Wildman–Crippen LogP) is 5.27. The van der Waals surface area contributed by atoms with Crippen LogP contribution >= 0.6 is 0 Å². The Morgan fingerprint density at radius 1 is 1.05 bits per heavy atom. The fourth-order valence-electron chi connectivity index (χ4n) is 4.82. The summed E-state index contributed by atoms with van der Waals surface area (Å²) in [6, 6.07) is 6.62. The molecule has 2 N–H and O–H groups in total. The summed E-state index contributed by atoms with van der Waals surface area (Å²) in [5.74, 6) is 0.200. The third-order valence-corrected chi connectivity index (χ3v) is 6.19. The number of benzene rings is 1. The van der Waals surface area contributed by atoms with E-state index in [9.17, 15) is 14.7 Å². The molecule has 37 heavy (non-hydrogen) atoms. The fraction of sp³-hybridized carbons (Fsp3) is 0.481. The summed E-state index contributed by atoms with van der Waals surface area (Å²) in [5, 5.41) is 13.2. The number of ether oxygens (including phenoxy) is 1. The van der Waals surface area contributed by atoms with Crippen molar-refractivity contribution in [2.45, 2.75) is 72.4 Å². The van der Waals surface area contributed by atoms with Gasteiger partial charge in [0.15, 0.2) is 0 Å². The van der Waals surface area contributed by atoms with Crippen molar-refractivity contribution in [3.8, 4) is 5.75 Å². The van der Waals surface area contributed by atoms with Gasteiger partial charge in [-0.05, 0) is 84.6 Å². The van der Waals surface area contributed by atoms with E-state index < -0.39 is 5.60 Å². The Balaban J connectivity index is 0.00000380. The van der Waals surface area contributed by atoms with Crippen molar-refractivity contribution in [2.24, 2.45) is 0 Å². The zero-order chi connectivity index (χ0) is 26.2. The number of aromatic nitrogens is 3. The van der Waals surface area contributed by atoms with Crippen LogP contribution in [-0.2, 0) is 25.8 Å². The Hall–Kier alpha value is -2.93. The minimum Gasteiger partial charge on any atom is -0.508 e. The molecular weight excluding hydrogens is 642 g/mol. The van der Waals surface area contributed by atoms with Crippen molar-refractivity contribution < 1.29 is 40.5 Å². The molecule has 1 fully saturated rings. The van der Waals surface area contributed by atoms with Crippen LogP contribution in [0.2, 0.25) is 0 Å². The van der Waals surface area contributed by atoms with Crippen LogP contribution in [0.4, 0.5) is 10.7 Å². The van der Waals surface area contributed by atoms with E-state index in [0.29, 0.717) is 30.1 Å². The Morgan fingerprint density at radius 2 is 1.73 bits per heavy atom. The molecule has 4 rings (SSSR count). The molecule has 2 aromatic heterocycles. The van der Waals surface area contributed by atoms with Crippen molar-refractivity contribution in [1.82, 2.24) is 19.4 Å². The first kappa shape index (κ1) is 28.6. The van der Waals surface area contributed by atoms with Crippen LogP contribution in [0, 0.1) is 20.8 Å². The molecule has 1 aliphatic heterocycles. The van der Waals surface area contributed by atoms with Crippen LogP contribution in [0.1, 0.15) is 73.4 Å². The van der Waals surface area contributed by atoms with Crippen molar-refractivity contribution >= 4 is 29.0 Å². The zero-order valence-electron chi connectivity index (χ0n) is 22.3. The van der Waals surface area contributed by atoms with Crippen LogP contribution < -0.4 is 5.32 Å². The van der Waals surface area contributed by atoms with Gasteiger partial charge < -0.3 is 19.3 Å². The number of imidazole rings is 1. The smallest absolute Gasteiger partial charge is 0.410 e. The number of likely N-dealkylation sites (tertiary alicyclic amines) is 1. The quantitative estimate of drug-likeness (QED) is 0.391. The number of amides is 2. The van der Waals surface area contributed by atoms with Crippen molar-refractivity contribution in [1.29, 1.82) is 0 Å². The number of fused-ring (bicyclic) bond motifs is 1. The van der Waals surface area contributed by atoms with E-state index in [0.717, 1.165) is 41.7 Å². The fourth-order valence-corrected chi connectivity index (χ4v) is 4.82. The summed E-state index contributed by atoms with van der Waals surface area (Å²) in [4.78, 5) is 37.0. The number of phenolic OH excluding ortho intramolecular Hbond substituents is 1. The third kappa shape index (κ3) is 6.69. The van der Waals surface area contributed by atoms with E-state index in [-0.39, 0.29) is 44.9 Å². The van der Waals surface area contributed by atoms with Gasteiger partial charge in [-0.1, -0.05) is 0 Å². The second kappa shape index (κ2) is 11.2. The number of aryl methyl sites for hydroxylation is 3. The Morgan fingerprint density at radius 3 is 2.38 bits per heavy atom. The summed E-state index contributed by atoms with van der Waals surface area (Å²) in [6.45, 7) is 12.2.